The first-order chi connectivity index (χ1) is 8.83. The van der Waals surface area contributed by atoms with Crippen LogP contribution in [0.1, 0.15) is 43.9 Å². The lowest BCUT2D eigenvalue weighted by molar-refractivity contribution is 0.667. The van der Waals surface area contributed by atoms with E-state index in [1.807, 2.05) is 6.20 Å². The van der Waals surface area contributed by atoms with Gasteiger partial charge in [0.25, 0.3) is 0 Å². The molecule has 0 aliphatic rings. The fourth-order valence-electron chi connectivity index (χ4n) is 2.49. The van der Waals surface area contributed by atoms with Crippen LogP contribution < -0.4 is 0 Å². The van der Waals surface area contributed by atoms with E-state index in [1.54, 1.807) is 0 Å². The second-order valence-electron chi connectivity index (χ2n) is 4.98. The van der Waals surface area contributed by atoms with Crippen LogP contribution in [0.3, 0.4) is 0 Å². The summed E-state index contributed by atoms with van der Waals surface area (Å²) in [6, 6.07) is 11.0. The van der Waals surface area contributed by atoms with Gasteiger partial charge in [-0.15, -0.1) is 0 Å². The van der Waals surface area contributed by atoms with Gasteiger partial charge in [-0.1, -0.05) is 50.5 Å². The highest BCUT2D eigenvalue weighted by Crippen LogP contribution is 2.27. The summed E-state index contributed by atoms with van der Waals surface area (Å²) in [6.45, 7) is 4.40. The average molecular weight is 241 g/mol. The maximum Gasteiger partial charge on any atom is 0.0195 e. The maximum atomic E-state index is 3.27. The molecular weight excluding hydrogens is 218 g/mol. The first kappa shape index (κ1) is 12.9. The van der Waals surface area contributed by atoms with Crippen LogP contribution >= 0.6 is 0 Å². The van der Waals surface area contributed by atoms with Gasteiger partial charge in [0.05, 0.1) is 0 Å². The molecule has 1 heteroatoms. The number of benzene rings is 1. The topological polar surface area (TPSA) is 15.8 Å². The third-order valence-corrected chi connectivity index (χ3v) is 3.56. The Balaban J connectivity index is 2.13. The van der Waals surface area contributed by atoms with Gasteiger partial charge in [-0.25, -0.2) is 0 Å². The predicted molar refractivity (Wildman–Crippen MR) is 78.8 cm³/mol. The van der Waals surface area contributed by atoms with Gasteiger partial charge in [0.2, 0.25) is 0 Å². The van der Waals surface area contributed by atoms with Crippen molar-refractivity contribution in [3.63, 3.8) is 0 Å². The standard InChI is InChI=1S/C17H23N/c1-3-4-5-6-9-15-10-7-8-11-17(15)16-12-13-18-14(16)2/h7-8,10-13,18H,3-6,9H2,1-2H3. The molecule has 2 rings (SSSR count). The molecule has 0 bridgehead atoms. The van der Waals surface area contributed by atoms with Gasteiger partial charge in [0, 0.05) is 17.5 Å². The van der Waals surface area contributed by atoms with Crippen LogP contribution in [0, 0.1) is 6.92 Å². The molecule has 1 aromatic heterocycles. The lowest BCUT2D eigenvalue weighted by Crippen LogP contribution is -1.91. The zero-order valence-corrected chi connectivity index (χ0v) is 11.5. The molecule has 1 heterocycles. The number of hydrogen-bond acceptors (Lipinski definition) is 0. The normalized spacial score (nSPS) is 10.8. The third kappa shape index (κ3) is 3.04. The molecule has 0 saturated carbocycles. The summed E-state index contributed by atoms with van der Waals surface area (Å²) in [5, 5.41) is 0. The van der Waals surface area contributed by atoms with Gasteiger partial charge in [-0.05, 0) is 37.0 Å². The second kappa shape index (κ2) is 6.44. The number of hydrogen-bond donors (Lipinski definition) is 1. The molecule has 0 fully saturated rings. The monoisotopic (exact) mass is 241 g/mol. The molecule has 1 nitrogen and oxygen atoms in total. The Morgan fingerprint density at radius 3 is 2.50 bits per heavy atom. The van der Waals surface area contributed by atoms with Crippen LogP contribution in [0.4, 0.5) is 0 Å². The molecule has 18 heavy (non-hydrogen) atoms. The molecule has 1 aromatic carbocycles. The fourth-order valence-corrected chi connectivity index (χ4v) is 2.49. The Morgan fingerprint density at radius 2 is 1.78 bits per heavy atom. The van der Waals surface area contributed by atoms with Crippen molar-refractivity contribution in [1.29, 1.82) is 0 Å². The number of aromatic amines is 1. The Labute approximate surface area is 110 Å². The summed E-state index contributed by atoms with van der Waals surface area (Å²) in [4.78, 5) is 3.27. The molecule has 0 radical (unpaired) electrons. The first-order valence-electron chi connectivity index (χ1n) is 7.05. The van der Waals surface area contributed by atoms with Crippen LogP contribution in [-0.2, 0) is 6.42 Å². The van der Waals surface area contributed by atoms with Gasteiger partial charge in [-0.3, -0.25) is 0 Å². The SMILES string of the molecule is CCCCCCc1ccccc1-c1cc[nH]c1C. The van der Waals surface area contributed by atoms with E-state index >= 15 is 0 Å². The van der Waals surface area contributed by atoms with Crippen LogP contribution in [0.25, 0.3) is 11.1 Å². The van der Waals surface area contributed by atoms with E-state index in [2.05, 4.69) is 49.2 Å². The Morgan fingerprint density at radius 1 is 0.944 bits per heavy atom. The lowest BCUT2D eigenvalue weighted by atomic mass is 9.96. The quantitative estimate of drug-likeness (QED) is 0.676. The van der Waals surface area contributed by atoms with E-state index in [-0.39, 0.29) is 0 Å². The van der Waals surface area contributed by atoms with Crippen molar-refractivity contribution in [3.05, 3.63) is 47.8 Å². The van der Waals surface area contributed by atoms with Gasteiger partial charge < -0.3 is 4.98 Å². The maximum absolute atomic E-state index is 3.27. The molecule has 0 unspecified atom stereocenters. The van der Waals surface area contributed by atoms with Crippen LogP contribution in [0.5, 0.6) is 0 Å². The summed E-state index contributed by atoms with van der Waals surface area (Å²) in [5.74, 6) is 0. The highest BCUT2D eigenvalue weighted by Gasteiger charge is 2.07. The number of aromatic nitrogens is 1. The van der Waals surface area contributed by atoms with Gasteiger partial charge >= 0.3 is 0 Å². The van der Waals surface area contributed by atoms with E-state index in [4.69, 9.17) is 0 Å². The van der Waals surface area contributed by atoms with E-state index in [0.29, 0.717) is 0 Å². The Bertz CT molecular complexity index is 482. The van der Waals surface area contributed by atoms with E-state index in [1.165, 1.54) is 54.5 Å². The van der Waals surface area contributed by atoms with Crippen molar-refractivity contribution in [2.24, 2.45) is 0 Å². The minimum atomic E-state index is 1.20. The van der Waals surface area contributed by atoms with Crippen LogP contribution in [0.2, 0.25) is 0 Å². The highest BCUT2D eigenvalue weighted by atomic mass is 14.7. The minimum Gasteiger partial charge on any atom is -0.365 e. The van der Waals surface area contributed by atoms with Crippen LogP contribution in [0.15, 0.2) is 36.5 Å². The zero-order valence-electron chi connectivity index (χ0n) is 11.5. The second-order valence-corrected chi connectivity index (χ2v) is 4.98. The Hall–Kier alpha value is -1.50. The third-order valence-electron chi connectivity index (χ3n) is 3.56. The van der Waals surface area contributed by atoms with Crippen LogP contribution in [-0.4, -0.2) is 4.98 Å². The predicted octanol–water partition coefficient (Wildman–Crippen LogP) is 5.11. The molecule has 0 spiro atoms. The number of unbranched alkanes of at least 4 members (excludes halogenated alkanes) is 3. The van der Waals surface area contributed by atoms with Gasteiger partial charge in [0.1, 0.15) is 0 Å². The number of H-pyrrole nitrogens is 1. The van der Waals surface area contributed by atoms with Crippen molar-refractivity contribution in [3.8, 4) is 11.1 Å². The van der Waals surface area contributed by atoms with Crippen molar-refractivity contribution in [2.45, 2.75) is 46.0 Å². The summed E-state index contributed by atoms with van der Waals surface area (Å²) in [7, 11) is 0. The van der Waals surface area contributed by atoms with Crippen molar-refractivity contribution in [1.82, 2.24) is 4.98 Å². The molecule has 96 valence electrons. The molecule has 0 amide bonds. The van der Waals surface area contributed by atoms with Crippen molar-refractivity contribution in [2.75, 3.05) is 0 Å². The number of nitrogens with one attached hydrogen (secondary N) is 1. The smallest absolute Gasteiger partial charge is 0.0195 e. The van der Waals surface area contributed by atoms with Crippen molar-refractivity contribution < 1.29 is 0 Å². The summed E-state index contributed by atoms with van der Waals surface area (Å²) >= 11 is 0. The molecule has 0 saturated heterocycles. The fraction of sp³-hybridized carbons (Fsp3) is 0.412. The molecular formula is C17H23N. The summed E-state index contributed by atoms with van der Waals surface area (Å²) in [6.07, 6.45) is 8.52. The minimum absolute atomic E-state index is 1.20. The largest absolute Gasteiger partial charge is 0.365 e. The van der Waals surface area contributed by atoms with Gasteiger partial charge in [0.15, 0.2) is 0 Å². The number of aryl methyl sites for hydroxylation is 2. The van der Waals surface area contributed by atoms with E-state index in [9.17, 15) is 0 Å². The summed E-state index contributed by atoms with van der Waals surface area (Å²) < 4.78 is 0. The zero-order chi connectivity index (χ0) is 12.8. The lowest BCUT2D eigenvalue weighted by Gasteiger charge is -2.09. The first-order valence-corrected chi connectivity index (χ1v) is 7.05. The van der Waals surface area contributed by atoms with E-state index < -0.39 is 0 Å². The Kier molecular flexibility index (Phi) is 4.63. The molecule has 0 aliphatic carbocycles. The van der Waals surface area contributed by atoms with Gasteiger partial charge in [-0.2, -0.15) is 0 Å². The average Bonchev–Trinajstić information content (AvgIpc) is 2.81. The highest BCUT2D eigenvalue weighted by molar-refractivity contribution is 5.69. The molecule has 2 aromatic rings. The summed E-state index contributed by atoms with van der Waals surface area (Å²) in [5.41, 5.74) is 5.49. The van der Waals surface area contributed by atoms with Crippen molar-refractivity contribution >= 4 is 0 Å². The van der Waals surface area contributed by atoms with E-state index in [0.717, 1.165) is 0 Å². The molecule has 1 N–H and O–H groups in total. The molecule has 0 aliphatic heterocycles. The number of rotatable bonds is 6. The molecule has 0 atom stereocenters.